The Morgan fingerprint density at radius 1 is 1.04 bits per heavy atom. The Morgan fingerprint density at radius 2 is 1.89 bits per heavy atom. The van der Waals surface area contributed by atoms with E-state index < -0.39 is 24.5 Å². The molecule has 1 aliphatic rings. The largest absolute Gasteiger partial charge is 0.497 e. The first-order chi connectivity index (χ1) is 21.7. The average Bonchev–Trinajstić information content (AvgIpc) is 3.50. The number of hydrogen-bond acceptors (Lipinski definition) is 10. The minimum Gasteiger partial charge on any atom is -0.497 e. The molecule has 3 aromatic heterocycles. The van der Waals surface area contributed by atoms with Gasteiger partial charge in [-0.2, -0.15) is 5.10 Å². The van der Waals surface area contributed by atoms with Crippen LogP contribution in [0.2, 0.25) is 0 Å². The third kappa shape index (κ3) is 5.86. The van der Waals surface area contributed by atoms with Gasteiger partial charge in [0.15, 0.2) is 11.8 Å². The third-order valence-electron chi connectivity index (χ3n) is 7.43. The summed E-state index contributed by atoms with van der Waals surface area (Å²) in [6.07, 6.45) is 3.96. The van der Waals surface area contributed by atoms with E-state index >= 15 is 8.78 Å². The van der Waals surface area contributed by atoms with Gasteiger partial charge in [0, 0.05) is 43.4 Å². The number of anilines is 2. The van der Waals surface area contributed by atoms with E-state index in [-0.39, 0.29) is 18.7 Å². The van der Waals surface area contributed by atoms with Crippen LogP contribution in [-0.4, -0.2) is 74.7 Å². The maximum absolute atomic E-state index is 15.3. The van der Waals surface area contributed by atoms with E-state index in [9.17, 15) is 4.79 Å². The number of methoxy groups -OCH3 is 2. The number of carbonyl (C=O) groups excluding carboxylic acids is 1. The number of carbonyl (C=O) groups is 1. The molecule has 0 radical (unpaired) electrons. The second kappa shape index (κ2) is 11.9. The Balaban J connectivity index is 1.33. The van der Waals surface area contributed by atoms with E-state index in [0.29, 0.717) is 51.1 Å². The van der Waals surface area contributed by atoms with Crippen molar-refractivity contribution >= 4 is 34.0 Å². The molecule has 45 heavy (non-hydrogen) atoms. The van der Waals surface area contributed by atoms with Crippen LogP contribution in [0.4, 0.5) is 20.3 Å². The Morgan fingerprint density at radius 3 is 2.64 bits per heavy atom. The Bertz CT molecular complexity index is 1910. The monoisotopic (exact) mass is 617 g/mol. The summed E-state index contributed by atoms with van der Waals surface area (Å²) in [6.45, 7) is 4.57. The van der Waals surface area contributed by atoms with Gasteiger partial charge < -0.3 is 29.2 Å². The van der Waals surface area contributed by atoms with E-state index in [2.05, 4.69) is 31.9 Å². The first-order valence-corrected chi connectivity index (χ1v) is 13.9. The quantitative estimate of drug-likeness (QED) is 0.217. The van der Waals surface area contributed by atoms with Crippen LogP contribution in [0.3, 0.4) is 0 Å². The molecule has 0 aliphatic carbocycles. The van der Waals surface area contributed by atoms with Crippen LogP contribution >= 0.6 is 0 Å². The van der Waals surface area contributed by atoms with Crippen molar-refractivity contribution in [3.8, 4) is 28.7 Å². The van der Waals surface area contributed by atoms with Gasteiger partial charge in [-0.25, -0.2) is 28.2 Å². The first kappa shape index (κ1) is 29.5. The molecule has 4 heterocycles. The Labute approximate surface area is 256 Å². The zero-order valence-electron chi connectivity index (χ0n) is 24.7. The molecule has 14 heteroatoms. The predicted octanol–water partition coefficient (Wildman–Crippen LogP) is 5.34. The number of aryl methyl sites for hydroxylation is 1. The molecule has 1 aliphatic heterocycles. The van der Waals surface area contributed by atoms with Crippen molar-refractivity contribution in [3.05, 3.63) is 73.5 Å². The molecule has 0 bridgehead atoms. The topological polar surface area (TPSA) is 125 Å². The van der Waals surface area contributed by atoms with Crippen molar-refractivity contribution in [2.24, 2.45) is 0 Å². The van der Waals surface area contributed by atoms with E-state index in [1.165, 1.54) is 32.9 Å². The summed E-state index contributed by atoms with van der Waals surface area (Å²) in [5.41, 5.74) is 2.36. The summed E-state index contributed by atoms with van der Waals surface area (Å²) in [6, 6.07) is 10.3. The van der Waals surface area contributed by atoms with Gasteiger partial charge in [0.05, 0.1) is 37.4 Å². The van der Waals surface area contributed by atoms with Crippen LogP contribution < -0.4 is 24.3 Å². The summed E-state index contributed by atoms with van der Waals surface area (Å²) >= 11 is 0. The van der Waals surface area contributed by atoms with Crippen LogP contribution in [0.1, 0.15) is 12.0 Å². The smallest absolute Gasteiger partial charge is 0.301 e. The van der Waals surface area contributed by atoms with Crippen molar-refractivity contribution in [2.75, 3.05) is 32.6 Å². The molecule has 0 saturated carbocycles. The van der Waals surface area contributed by atoms with Gasteiger partial charge in [0.1, 0.15) is 47.2 Å². The first-order valence-electron chi connectivity index (χ1n) is 13.9. The molecule has 2 aromatic carbocycles. The second-order valence-corrected chi connectivity index (χ2v) is 10.3. The lowest BCUT2D eigenvalue weighted by Crippen LogP contribution is -2.55. The van der Waals surface area contributed by atoms with Crippen molar-refractivity contribution in [1.82, 2.24) is 29.5 Å². The number of amides is 1. The van der Waals surface area contributed by atoms with Gasteiger partial charge in [-0.1, -0.05) is 6.58 Å². The lowest BCUT2D eigenvalue weighted by molar-refractivity contribution is -0.156. The Kier molecular flexibility index (Phi) is 7.79. The van der Waals surface area contributed by atoms with Crippen molar-refractivity contribution in [1.29, 1.82) is 0 Å². The number of nitrogens with zero attached hydrogens (tertiary/aromatic N) is 6. The summed E-state index contributed by atoms with van der Waals surface area (Å²) in [5, 5.41) is 7.71. The number of halogens is 2. The molecule has 0 spiro atoms. The Hall–Kier alpha value is -5.53. The molecule has 6 rings (SSSR count). The fourth-order valence-electron chi connectivity index (χ4n) is 5.13. The fraction of sp³-hybridized carbons (Fsp3) is 0.258. The van der Waals surface area contributed by atoms with E-state index in [4.69, 9.17) is 18.9 Å². The molecule has 1 amide bonds. The van der Waals surface area contributed by atoms with E-state index in [1.54, 1.807) is 35.0 Å². The normalized spacial score (nSPS) is 15.9. The number of rotatable bonds is 9. The minimum atomic E-state index is -3.33. The highest BCUT2D eigenvalue weighted by Gasteiger charge is 2.47. The molecule has 12 nitrogen and oxygen atoms in total. The number of hydrogen-bond donors (Lipinski definition) is 1. The SMILES string of the molecule is C=CC(=O)N1CCC(Oc2cc(OC)cc3ncnc(Nc4cc(C)c(Oc5ccn6ncnc6c5)cc4OC)c23)C(F)(F)C1. The highest BCUT2D eigenvalue weighted by molar-refractivity contribution is 5.97. The lowest BCUT2D eigenvalue weighted by Gasteiger charge is -2.38. The summed E-state index contributed by atoms with van der Waals surface area (Å²) in [7, 11) is 2.98. The summed E-state index contributed by atoms with van der Waals surface area (Å²) in [5.74, 6) is -1.58. The number of likely N-dealkylation sites (tertiary alicyclic amines) is 1. The number of aromatic nitrogens is 5. The number of fused-ring (bicyclic) bond motifs is 2. The molecule has 1 N–H and O–H groups in total. The van der Waals surface area contributed by atoms with Gasteiger partial charge in [0.25, 0.3) is 0 Å². The average molecular weight is 618 g/mol. The zero-order chi connectivity index (χ0) is 31.7. The molecule has 1 atom stereocenters. The zero-order valence-corrected chi connectivity index (χ0v) is 24.7. The molecule has 232 valence electrons. The lowest BCUT2D eigenvalue weighted by atomic mass is 10.0. The number of ether oxygens (including phenoxy) is 4. The van der Waals surface area contributed by atoms with Crippen LogP contribution in [0, 0.1) is 6.92 Å². The number of piperidine rings is 1. The van der Waals surface area contributed by atoms with Crippen LogP contribution in [0.15, 0.2) is 67.9 Å². The van der Waals surface area contributed by atoms with Crippen LogP contribution in [0.25, 0.3) is 16.6 Å². The number of nitrogens with one attached hydrogen (secondary N) is 1. The number of pyridine rings is 1. The third-order valence-corrected chi connectivity index (χ3v) is 7.43. The van der Waals surface area contributed by atoms with Crippen molar-refractivity contribution in [3.63, 3.8) is 0 Å². The van der Waals surface area contributed by atoms with Gasteiger partial charge in [-0.15, -0.1) is 0 Å². The van der Waals surface area contributed by atoms with Gasteiger partial charge in [-0.3, -0.25) is 4.79 Å². The van der Waals surface area contributed by atoms with Gasteiger partial charge >= 0.3 is 5.92 Å². The molecular formula is C31H29F2N7O5. The predicted molar refractivity (Wildman–Crippen MR) is 161 cm³/mol. The molecular weight excluding hydrogens is 588 g/mol. The van der Waals surface area contributed by atoms with Crippen molar-refractivity contribution < 1.29 is 32.5 Å². The minimum absolute atomic E-state index is 0.0896. The summed E-state index contributed by atoms with van der Waals surface area (Å²) in [4.78, 5) is 26.0. The standard InChI is InChI=1S/C31H29F2N7O5/c1-5-28(41)39-8-7-26(31(32,33)15-39)45-25-12-20(42-3)11-22-29(25)30(36-16-34-22)38-21-10-18(2)23(14-24(21)43-4)44-19-6-9-40-27(13-19)35-17-37-40/h5-6,9-14,16-17,26H,1,7-8,15H2,2-4H3,(H,34,36,38). The van der Waals surface area contributed by atoms with E-state index in [1.807, 2.05) is 13.0 Å². The molecule has 1 unspecified atom stereocenters. The number of benzene rings is 2. The molecule has 1 saturated heterocycles. The second-order valence-electron chi connectivity index (χ2n) is 10.3. The van der Waals surface area contributed by atoms with Crippen LogP contribution in [-0.2, 0) is 4.79 Å². The van der Waals surface area contributed by atoms with Gasteiger partial charge in [-0.05, 0) is 30.7 Å². The molecule has 5 aromatic rings. The maximum atomic E-state index is 15.3. The number of alkyl halides is 2. The highest BCUT2D eigenvalue weighted by atomic mass is 19.3. The fourth-order valence-corrected chi connectivity index (χ4v) is 5.13. The van der Waals surface area contributed by atoms with Crippen LogP contribution in [0.5, 0.6) is 28.7 Å². The van der Waals surface area contributed by atoms with Crippen molar-refractivity contribution in [2.45, 2.75) is 25.4 Å². The van der Waals surface area contributed by atoms with Gasteiger partial charge in [0.2, 0.25) is 5.91 Å². The van der Waals surface area contributed by atoms with E-state index in [0.717, 1.165) is 16.5 Å². The molecule has 1 fully saturated rings. The maximum Gasteiger partial charge on any atom is 0.301 e. The summed E-state index contributed by atoms with van der Waals surface area (Å²) < 4.78 is 55.3. The highest BCUT2D eigenvalue weighted by Crippen LogP contribution is 2.41.